The van der Waals surface area contributed by atoms with Crippen molar-refractivity contribution in [3.05, 3.63) is 0 Å². The van der Waals surface area contributed by atoms with Crippen LogP contribution in [0.15, 0.2) is 0 Å². The number of rotatable bonds is 5. The Morgan fingerprint density at radius 2 is 2.31 bits per heavy atom. The van der Waals surface area contributed by atoms with Crippen molar-refractivity contribution in [1.29, 1.82) is 5.26 Å². The molecule has 0 rings (SSSR count). The number of hydrogen-bond donors (Lipinski definition) is 1. The summed E-state index contributed by atoms with van der Waals surface area (Å²) in [5, 5.41) is 11.4. The third kappa shape index (κ3) is 4.48. The molecule has 0 aliphatic carbocycles. The van der Waals surface area contributed by atoms with Crippen LogP contribution in [0.2, 0.25) is 0 Å². The highest BCUT2D eigenvalue weighted by atomic mass is 16.2. The number of nitrogens with one attached hydrogen (secondary N) is 1. The van der Waals surface area contributed by atoms with Crippen molar-refractivity contribution in [3.8, 4) is 6.07 Å². The summed E-state index contributed by atoms with van der Waals surface area (Å²) in [5.41, 5.74) is 0. The zero-order valence-electron chi connectivity index (χ0n) is 8.50. The van der Waals surface area contributed by atoms with Gasteiger partial charge in [0.05, 0.1) is 18.5 Å². The van der Waals surface area contributed by atoms with Gasteiger partial charge in [0.15, 0.2) is 0 Å². The predicted octanol–water partition coefficient (Wildman–Crippen LogP) is 0.214. The van der Waals surface area contributed by atoms with Gasteiger partial charge in [0.1, 0.15) is 0 Å². The molecular formula is C9H17N3O. The van der Waals surface area contributed by atoms with E-state index >= 15 is 0 Å². The standard InChI is InChI=1S/C9H17N3O/c1-4-12(7-8(2)5-10)9(13)6-11-3/h8,11H,4,6-7H2,1-3H3. The summed E-state index contributed by atoms with van der Waals surface area (Å²) < 4.78 is 0. The number of likely N-dealkylation sites (N-methyl/N-ethyl adjacent to an activating group) is 2. The smallest absolute Gasteiger partial charge is 0.236 e. The van der Waals surface area contributed by atoms with Gasteiger partial charge in [-0.05, 0) is 20.9 Å². The molecule has 0 aromatic carbocycles. The maximum atomic E-state index is 11.4. The van der Waals surface area contributed by atoms with Crippen LogP contribution >= 0.6 is 0 Å². The predicted molar refractivity (Wildman–Crippen MR) is 51.0 cm³/mol. The average Bonchev–Trinajstić information content (AvgIpc) is 2.14. The Kier molecular flexibility index (Phi) is 5.90. The number of hydrogen-bond acceptors (Lipinski definition) is 3. The SMILES string of the molecule is CCN(CC(C)C#N)C(=O)CNC. The molecule has 1 N–H and O–H groups in total. The van der Waals surface area contributed by atoms with Crippen molar-refractivity contribution in [2.24, 2.45) is 5.92 Å². The minimum absolute atomic E-state index is 0.0482. The number of carbonyl (C=O) groups is 1. The van der Waals surface area contributed by atoms with E-state index in [1.807, 2.05) is 13.8 Å². The largest absolute Gasteiger partial charge is 0.341 e. The molecule has 1 amide bonds. The highest BCUT2D eigenvalue weighted by Gasteiger charge is 2.13. The van der Waals surface area contributed by atoms with Crippen LogP contribution < -0.4 is 5.32 Å². The molecule has 0 fully saturated rings. The van der Waals surface area contributed by atoms with Crippen molar-refractivity contribution >= 4 is 5.91 Å². The minimum atomic E-state index is -0.0965. The first-order valence-electron chi connectivity index (χ1n) is 4.47. The molecule has 0 saturated heterocycles. The van der Waals surface area contributed by atoms with Gasteiger partial charge in [0.2, 0.25) is 5.91 Å². The first kappa shape index (κ1) is 11.9. The van der Waals surface area contributed by atoms with E-state index in [4.69, 9.17) is 5.26 Å². The molecule has 1 unspecified atom stereocenters. The summed E-state index contributed by atoms with van der Waals surface area (Å²) in [6, 6.07) is 2.11. The van der Waals surface area contributed by atoms with Crippen LogP contribution in [0.3, 0.4) is 0 Å². The van der Waals surface area contributed by atoms with E-state index in [0.717, 1.165) is 0 Å². The van der Waals surface area contributed by atoms with Crippen LogP contribution in [0, 0.1) is 17.2 Å². The molecule has 0 radical (unpaired) electrons. The number of carbonyl (C=O) groups excluding carboxylic acids is 1. The van der Waals surface area contributed by atoms with Gasteiger partial charge >= 0.3 is 0 Å². The molecule has 0 aromatic heterocycles. The molecule has 4 heteroatoms. The van der Waals surface area contributed by atoms with Crippen molar-refractivity contribution in [3.63, 3.8) is 0 Å². The van der Waals surface area contributed by atoms with E-state index in [9.17, 15) is 4.79 Å². The summed E-state index contributed by atoms with van der Waals surface area (Å²) >= 11 is 0. The van der Waals surface area contributed by atoms with E-state index in [-0.39, 0.29) is 11.8 Å². The summed E-state index contributed by atoms with van der Waals surface area (Å²) in [7, 11) is 1.74. The molecule has 74 valence electrons. The molecule has 0 aliphatic heterocycles. The normalized spacial score (nSPS) is 11.8. The molecule has 1 atom stereocenters. The Morgan fingerprint density at radius 1 is 1.69 bits per heavy atom. The Morgan fingerprint density at radius 3 is 2.69 bits per heavy atom. The fraction of sp³-hybridized carbons (Fsp3) is 0.778. The van der Waals surface area contributed by atoms with Crippen LogP contribution in [-0.4, -0.2) is 37.5 Å². The molecule has 13 heavy (non-hydrogen) atoms. The second kappa shape index (κ2) is 6.44. The second-order valence-electron chi connectivity index (χ2n) is 2.99. The van der Waals surface area contributed by atoms with Crippen LogP contribution in [0.5, 0.6) is 0 Å². The zero-order valence-corrected chi connectivity index (χ0v) is 8.50. The van der Waals surface area contributed by atoms with Crippen LogP contribution in [-0.2, 0) is 4.79 Å². The van der Waals surface area contributed by atoms with E-state index < -0.39 is 0 Å². The molecule has 0 saturated carbocycles. The van der Waals surface area contributed by atoms with Crippen LogP contribution in [0.25, 0.3) is 0 Å². The van der Waals surface area contributed by atoms with Gasteiger partial charge in [0.25, 0.3) is 0 Å². The highest BCUT2D eigenvalue weighted by molar-refractivity contribution is 5.78. The molecule has 4 nitrogen and oxygen atoms in total. The summed E-state index contributed by atoms with van der Waals surface area (Å²) in [4.78, 5) is 13.1. The second-order valence-corrected chi connectivity index (χ2v) is 2.99. The Bertz CT molecular complexity index is 198. The number of nitrogens with zero attached hydrogens (tertiary/aromatic N) is 2. The van der Waals surface area contributed by atoms with Crippen molar-refractivity contribution < 1.29 is 4.79 Å². The van der Waals surface area contributed by atoms with Crippen molar-refractivity contribution in [1.82, 2.24) is 10.2 Å². The van der Waals surface area contributed by atoms with E-state index in [0.29, 0.717) is 19.6 Å². The van der Waals surface area contributed by atoms with Gasteiger partial charge in [-0.25, -0.2) is 0 Å². The lowest BCUT2D eigenvalue weighted by molar-refractivity contribution is -0.130. The van der Waals surface area contributed by atoms with Crippen LogP contribution in [0.1, 0.15) is 13.8 Å². The number of amides is 1. The monoisotopic (exact) mass is 183 g/mol. The highest BCUT2D eigenvalue weighted by Crippen LogP contribution is 1.98. The average molecular weight is 183 g/mol. The maximum Gasteiger partial charge on any atom is 0.236 e. The molecule has 0 spiro atoms. The molecule has 0 aliphatic rings. The molecule has 0 heterocycles. The minimum Gasteiger partial charge on any atom is -0.341 e. The quantitative estimate of drug-likeness (QED) is 0.663. The van der Waals surface area contributed by atoms with Gasteiger partial charge in [-0.1, -0.05) is 0 Å². The fourth-order valence-corrected chi connectivity index (χ4v) is 1.04. The Balaban J connectivity index is 4.03. The van der Waals surface area contributed by atoms with Crippen LogP contribution in [0.4, 0.5) is 0 Å². The lowest BCUT2D eigenvalue weighted by atomic mass is 10.2. The maximum absolute atomic E-state index is 11.4. The first-order chi connectivity index (χ1) is 6.15. The Labute approximate surface area is 79.5 Å². The first-order valence-corrected chi connectivity index (χ1v) is 4.47. The molecular weight excluding hydrogens is 166 g/mol. The van der Waals surface area contributed by atoms with E-state index in [2.05, 4.69) is 11.4 Å². The summed E-state index contributed by atoms with van der Waals surface area (Å²) in [6.07, 6.45) is 0. The van der Waals surface area contributed by atoms with Crippen molar-refractivity contribution in [2.45, 2.75) is 13.8 Å². The fourth-order valence-electron chi connectivity index (χ4n) is 1.04. The van der Waals surface area contributed by atoms with Gasteiger partial charge in [-0.15, -0.1) is 0 Å². The summed E-state index contributed by atoms with van der Waals surface area (Å²) in [6.45, 7) is 5.25. The van der Waals surface area contributed by atoms with Gasteiger partial charge in [-0.2, -0.15) is 5.26 Å². The third-order valence-electron chi connectivity index (χ3n) is 1.78. The van der Waals surface area contributed by atoms with Gasteiger partial charge in [-0.3, -0.25) is 4.79 Å². The molecule has 0 bridgehead atoms. The van der Waals surface area contributed by atoms with E-state index in [1.54, 1.807) is 11.9 Å². The summed E-state index contributed by atoms with van der Waals surface area (Å²) in [5.74, 6) is -0.0483. The number of nitriles is 1. The lowest BCUT2D eigenvalue weighted by Crippen LogP contribution is -2.39. The topological polar surface area (TPSA) is 56.1 Å². The third-order valence-corrected chi connectivity index (χ3v) is 1.78. The van der Waals surface area contributed by atoms with Gasteiger partial charge < -0.3 is 10.2 Å². The molecule has 0 aromatic rings. The van der Waals surface area contributed by atoms with Crippen molar-refractivity contribution in [2.75, 3.05) is 26.7 Å². The lowest BCUT2D eigenvalue weighted by Gasteiger charge is -2.21. The van der Waals surface area contributed by atoms with Gasteiger partial charge in [0, 0.05) is 13.1 Å². The zero-order chi connectivity index (χ0) is 10.3. The van der Waals surface area contributed by atoms with E-state index in [1.165, 1.54) is 0 Å². The Hall–Kier alpha value is -1.08.